The summed E-state index contributed by atoms with van der Waals surface area (Å²) >= 11 is 7.44. The van der Waals surface area contributed by atoms with E-state index in [2.05, 4.69) is 4.98 Å². The topological polar surface area (TPSA) is 109 Å². The lowest BCUT2D eigenvalue weighted by molar-refractivity contribution is 0.0535. The lowest BCUT2D eigenvalue weighted by atomic mass is 9.84. The molecule has 0 radical (unpaired) electrons. The quantitative estimate of drug-likeness (QED) is 0.195. The van der Waals surface area contributed by atoms with Crippen LogP contribution < -0.4 is 10.5 Å². The first-order valence-corrected chi connectivity index (χ1v) is 16.2. The van der Waals surface area contributed by atoms with E-state index in [9.17, 15) is 23.5 Å². The largest absolute Gasteiger partial charge is 0.496 e. The normalized spacial score (nSPS) is 16.8. The van der Waals surface area contributed by atoms with Gasteiger partial charge in [0.15, 0.2) is 0 Å². The van der Waals surface area contributed by atoms with Crippen LogP contribution in [0.25, 0.3) is 21.2 Å². The molecule has 2 heterocycles. The van der Waals surface area contributed by atoms with Crippen LogP contribution >= 0.6 is 22.9 Å². The fourth-order valence-corrected chi connectivity index (χ4v) is 7.61. The van der Waals surface area contributed by atoms with E-state index in [0.717, 1.165) is 40.2 Å². The van der Waals surface area contributed by atoms with Crippen LogP contribution in [0, 0.1) is 17.6 Å². The fourth-order valence-electron chi connectivity index (χ4n) is 6.11. The summed E-state index contributed by atoms with van der Waals surface area (Å²) in [6.45, 7) is 6.15. The van der Waals surface area contributed by atoms with Gasteiger partial charge < -0.3 is 25.4 Å². The third-order valence-electron chi connectivity index (χ3n) is 8.62. The molecule has 1 aliphatic carbocycles. The Kier molecular flexibility index (Phi) is 9.74. The number of carboxylic acid groups (broad SMARTS) is 1. The number of pyridine rings is 1. The van der Waals surface area contributed by atoms with E-state index in [-0.39, 0.29) is 38.5 Å². The zero-order chi connectivity index (χ0) is 33.3. The highest BCUT2D eigenvalue weighted by Gasteiger charge is 2.35. The summed E-state index contributed by atoms with van der Waals surface area (Å²) in [5.74, 6) is -0.695. The minimum Gasteiger partial charge on any atom is -0.496 e. The van der Waals surface area contributed by atoms with E-state index in [1.165, 1.54) is 4.90 Å². The van der Waals surface area contributed by atoms with Crippen molar-refractivity contribution in [1.82, 2.24) is 14.8 Å². The average molecular weight is 671 g/mol. The number of carbonyl (C=O) groups excluding carboxylic acids is 1. The monoisotopic (exact) mass is 670 g/mol. The Morgan fingerprint density at radius 2 is 1.74 bits per heavy atom. The number of fused-ring (bicyclic) bond motifs is 1. The van der Waals surface area contributed by atoms with E-state index in [4.69, 9.17) is 22.1 Å². The van der Waals surface area contributed by atoms with Gasteiger partial charge in [-0.3, -0.25) is 4.79 Å². The second-order valence-electron chi connectivity index (χ2n) is 12.6. The molecule has 3 N–H and O–H groups in total. The van der Waals surface area contributed by atoms with Gasteiger partial charge in [0.05, 0.1) is 22.2 Å². The van der Waals surface area contributed by atoms with Crippen molar-refractivity contribution in [2.75, 3.05) is 19.4 Å². The van der Waals surface area contributed by atoms with Crippen LogP contribution in [0.1, 0.15) is 61.7 Å². The zero-order valence-electron chi connectivity index (χ0n) is 26.1. The van der Waals surface area contributed by atoms with Crippen LogP contribution in [-0.4, -0.2) is 57.1 Å². The van der Waals surface area contributed by atoms with Gasteiger partial charge >= 0.3 is 6.09 Å². The van der Waals surface area contributed by atoms with E-state index in [1.54, 1.807) is 24.3 Å². The minimum atomic E-state index is -0.964. The predicted octanol–water partition coefficient (Wildman–Crippen LogP) is 8.47. The maximum atomic E-state index is 14.8. The van der Waals surface area contributed by atoms with Crippen LogP contribution in [0.2, 0.25) is 5.02 Å². The number of thiophene rings is 1. The number of rotatable bonds is 8. The van der Waals surface area contributed by atoms with Gasteiger partial charge in [0.25, 0.3) is 5.91 Å². The van der Waals surface area contributed by atoms with Crippen molar-refractivity contribution in [3.63, 3.8) is 0 Å². The number of nitrogens with zero attached hydrogens (tertiary/aromatic N) is 3. The summed E-state index contributed by atoms with van der Waals surface area (Å²) in [6, 6.07) is 11.0. The number of methoxy groups -OCH3 is 1. The Morgan fingerprint density at radius 1 is 1.07 bits per heavy atom. The van der Waals surface area contributed by atoms with Crippen molar-refractivity contribution in [3.05, 3.63) is 75.8 Å². The lowest BCUT2D eigenvalue weighted by Crippen LogP contribution is -2.48. The molecule has 0 atom stereocenters. The van der Waals surface area contributed by atoms with Gasteiger partial charge in [-0.05, 0) is 94.3 Å². The van der Waals surface area contributed by atoms with Crippen LogP contribution in [0.4, 0.5) is 19.4 Å². The van der Waals surface area contributed by atoms with E-state index < -0.39 is 29.2 Å². The Bertz CT molecular complexity index is 1750. The number of carbonyl (C=O) groups is 2. The van der Waals surface area contributed by atoms with Crippen molar-refractivity contribution in [2.24, 2.45) is 5.92 Å². The number of benzene rings is 2. The highest BCUT2D eigenvalue weighted by Crippen LogP contribution is 2.41. The van der Waals surface area contributed by atoms with Crippen LogP contribution in [-0.2, 0) is 6.54 Å². The molecule has 1 aliphatic rings. The second kappa shape index (κ2) is 13.4. The van der Waals surface area contributed by atoms with Gasteiger partial charge in [0, 0.05) is 42.0 Å². The molecule has 46 heavy (non-hydrogen) atoms. The molecule has 0 saturated heterocycles. The highest BCUT2D eigenvalue weighted by atomic mass is 35.5. The van der Waals surface area contributed by atoms with Crippen LogP contribution in [0.15, 0.2) is 48.7 Å². The molecule has 2 aromatic carbocycles. The number of amides is 2. The lowest BCUT2D eigenvalue weighted by Gasteiger charge is -2.40. The molecule has 5 rings (SSSR count). The molecule has 0 bridgehead atoms. The number of anilines is 1. The molecule has 244 valence electrons. The number of halogens is 3. The molecular weight excluding hydrogens is 634 g/mol. The van der Waals surface area contributed by atoms with Crippen molar-refractivity contribution >= 4 is 50.8 Å². The number of hydrogen-bond donors (Lipinski definition) is 2. The van der Waals surface area contributed by atoms with Gasteiger partial charge in [-0.1, -0.05) is 17.7 Å². The summed E-state index contributed by atoms with van der Waals surface area (Å²) in [4.78, 5) is 33.8. The summed E-state index contributed by atoms with van der Waals surface area (Å²) < 4.78 is 35.2. The number of nitrogen functional groups attached to an aromatic ring is 1. The first kappa shape index (κ1) is 33.4. The van der Waals surface area contributed by atoms with Gasteiger partial charge in [0.2, 0.25) is 0 Å². The molecule has 12 heteroatoms. The molecule has 0 spiro atoms. The predicted molar refractivity (Wildman–Crippen MR) is 177 cm³/mol. The molecule has 2 amide bonds. The van der Waals surface area contributed by atoms with Gasteiger partial charge in [0.1, 0.15) is 28.1 Å². The Hall–Kier alpha value is -3.96. The molecular formula is C34H37ClF2N4O4S. The molecule has 4 aromatic rings. The maximum Gasteiger partial charge on any atom is 0.407 e. The Balaban J connectivity index is 1.50. The summed E-state index contributed by atoms with van der Waals surface area (Å²) in [5, 5.41) is 9.60. The first-order chi connectivity index (χ1) is 21.8. The third-order valence-corrected chi connectivity index (χ3v) is 10.3. The van der Waals surface area contributed by atoms with E-state index in [0.29, 0.717) is 43.8 Å². The van der Waals surface area contributed by atoms with Crippen molar-refractivity contribution < 1.29 is 28.2 Å². The Morgan fingerprint density at radius 3 is 2.33 bits per heavy atom. The van der Waals surface area contributed by atoms with Crippen LogP contribution in [0.5, 0.6) is 5.75 Å². The van der Waals surface area contributed by atoms with Gasteiger partial charge in [-0.25, -0.2) is 18.6 Å². The first-order valence-electron chi connectivity index (χ1n) is 15.0. The zero-order valence-corrected chi connectivity index (χ0v) is 27.7. The number of nitrogens with two attached hydrogens (primary N) is 1. The van der Waals surface area contributed by atoms with Crippen LogP contribution in [0.3, 0.4) is 0 Å². The number of hydrogen-bond acceptors (Lipinski definition) is 6. The van der Waals surface area contributed by atoms with Crippen molar-refractivity contribution in [3.8, 4) is 16.9 Å². The molecule has 1 saturated carbocycles. The standard InChI is InChI=1S/C34H37ClF2N4O4S/c1-34(2,3)41(33(43)44)17-19-5-9-23(10-6-19)40(32(42)31-29(35)28-24(36)11-12-25(37)30(28)46-31)18-22-15-20(7-13-26(22)45-4)21-8-14-27(38)39-16-21/h7-8,11-16,19,23H,5-6,9-10,17-18H2,1-4H3,(H2,38,39)(H,43,44). The highest BCUT2D eigenvalue weighted by molar-refractivity contribution is 7.21. The molecule has 8 nitrogen and oxygen atoms in total. The summed E-state index contributed by atoms with van der Waals surface area (Å²) in [6.07, 6.45) is 3.33. The van der Waals surface area contributed by atoms with Gasteiger partial charge in [-0.2, -0.15) is 0 Å². The fraction of sp³-hybridized carbons (Fsp3) is 0.382. The SMILES string of the molecule is COc1ccc(-c2ccc(N)nc2)cc1CN(C(=O)c1sc2c(F)ccc(F)c2c1Cl)C1CCC(CN(C(=O)O)C(C)(C)C)CC1. The summed E-state index contributed by atoms with van der Waals surface area (Å²) in [7, 11) is 1.55. The second-order valence-corrected chi connectivity index (χ2v) is 14.0. The third kappa shape index (κ3) is 6.90. The number of ether oxygens (including phenoxy) is 1. The summed E-state index contributed by atoms with van der Waals surface area (Å²) in [5.41, 5.74) is 7.64. The maximum absolute atomic E-state index is 14.8. The molecule has 2 aromatic heterocycles. The average Bonchev–Trinajstić information content (AvgIpc) is 3.38. The van der Waals surface area contributed by atoms with Gasteiger partial charge in [-0.15, -0.1) is 11.3 Å². The van der Waals surface area contributed by atoms with Crippen molar-refractivity contribution in [2.45, 2.75) is 64.6 Å². The number of aromatic nitrogens is 1. The van der Waals surface area contributed by atoms with E-state index in [1.807, 2.05) is 45.0 Å². The molecule has 0 unspecified atom stereocenters. The Labute approximate surface area is 275 Å². The van der Waals surface area contributed by atoms with E-state index >= 15 is 0 Å². The molecule has 1 fully saturated rings. The minimum absolute atomic E-state index is 0.0108. The molecule has 0 aliphatic heterocycles. The smallest absolute Gasteiger partial charge is 0.407 e. The van der Waals surface area contributed by atoms with Crippen molar-refractivity contribution in [1.29, 1.82) is 0 Å².